The van der Waals surface area contributed by atoms with E-state index in [1.54, 1.807) is 19.1 Å². The SMILES string of the molecule is CC1(C(=O)c2cccc(Br)c2F)COCC1N. The summed E-state index contributed by atoms with van der Waals surface area (Å²) in [5, 5.41) is 0. The topological polar surface area (TPSA) is 52.3 Å². The van der Waals surface area contributed by atoms with Gasteiger partial charge in [-0.25, -0.2) is 4.39 Å². The molecule has 1 fully saturated rings. The van der Waals surface area contributed by atoms with Crippen LogP contribution in [-0.4, -0.2) is 25.0 Å². The van der Waals surface area contributed by atoms with E-state index in [9.17, 15) is 9.18 Å². The number of hydrogen-bond donors (Lipinski definition) is 1. The Kier molecular flexibility index (Phi) is 3.34. The Labute approximate surface area is 107 Å². The second-order valence-electron chi connectivity index (χ2n) is 4.47. The molecule has 1 aromatic carbocycles. The van der Waals surface area contributed by atoms with Crippen molar-refractivity contribution in [2.24, 2.45) is 11.1 Å². The summed E-state index contributed by atoms with van der Waals surface area (Å²) in [5.41, 5.74) is 5.07. The molecule has 1 aromatic rings. The van der Waals surface area contributed by atoms with Crippen LogP contribution in [0.1, 0.15) is 17.3 Å². The van der Waals surface area contributed by atoms with Crippen LogP contribution in [0.3, 0.4) is 0 Å². The Hall–Kier alpha value is -0.780. The maximum absolute atomic E-state index is 13.9. The van der Waals surface area contributed by atoms with Crippen LogP contribution < -0.4 is 5.73 Å². The molecule has 3 nitrogen and oxygen atoms in total. The van der Waals surface area contributed by atoms with Crippen LogP contribution in [0.15, 0.2) is 22.7 Å². The first-order chi connectivity index (χ1) is 7.97. The number of Topliss-reactive ketones (excluding diaryl/α,β-unsaturated/α-hetero) is 1. The van der Waals surface area contributed by atoms with Gasteiger partial charge < -0.3 is 10.5 Å². The van der Waals surface area contributed by atoms with Crippen molar-refractivity contribution in [3.05, 3.63) is 34.1 Å². The average Bonchev–Trinajstić information content (AvgIpc) is 2.64. The van der Waals surface area contributed by atoms with Crippen LogP contribution in [0.4, 0.5) is 4.39 Å². The third kappa shape index (κ3) is 2.03. The third-order valence-corrected chi connectivity index (χ3v) is 3.85. The molecule has 0 radical (unpaired) electrons. The van der Waals surface area contributed by atoms with E-state index < -0.39 is 17.3 Å². The molecule has 1 aliphatic rings. The Morgan fingerprint density at radius 2 is 2.35 bits per heavy atom. The molecule has 0 amide bonds. The number of ketones is 1. The minimum atomic E-state index is -0.846. The first kappa shape index (κ1) is 12.7. The molecule has 2 atom stereocenters. The molecule has 1 aliphatic heterocycles. The number of carbonyl (C=O) groups is 1. The third-order valence-electron chi connectivity index (χ3n) is 3.23. The molecule has 2 unspecified atom stereocenters. The number of rotatable bonds is 2. The fourth-order valence-electron chi connectivity index (χ4n) is 1.91. The summed E-state index contributed by atoms with van der Waals surface area (Å²) in [4.78, 5) is 12.3. The lowest BCUT2D eigenvalue weighted by molar-refractivity contribution is 0.0763. The largest absolute Gasteiger partial charge is 0.379 e. The lowest BCUT2D eigenvalue weighted by Gasteiger charge is -2.25. The number of nitrogens with two attached hydrogens (primary N) is 1. The second kappa shape index (κ2) is 4.48. The van der Waals surface area contributed by atoms with Crippen LogP contribution in [-0.2, 0) is 4.74 Å². The van der Waals surface area contributed by atoms with E-state index in [1.165, 1.54) is 6.07 Å². The van der Waals surface area contributed by atoms with Gasteiger partial charge in [-0.05, 0) is 35.0 Å². The average molecular weight is 302 g/mol. The zero-order valence-electron chi connectivity index (χ0n) is 9.37. The molecule has 17 heavy (non-hydrogen) atoms. The van der Waals surface area contributed by atoms with Gasteiger partial charge in [-0.15, -0.1) is 0 Å². The maximum atomic E-state index is 13.9. The summed E-state index contributed by atoms with van der Waals surface area (Å²) >= 11 is 3.07. The van der Waals surface area contributed by atoms with Crippen molar-refractivity contribution in [2.75, 3.05) is 13.2 Å². The van der Waals surface area contributed by atoms with Gasteiger partial charge in [0.25, 0.3) is 0 Å². The highest BCUT2D eigenvalue weighted by molar-refractivity contribution is 9.10. The Morgan fingerprint density at radius 3 is 2.94 bits per heavy atom. The molecule has 0 aliphatic carbocycles. The number of ether oxygens (including phenoxy) is 1. The Balaban J connectivity index is 2.41. The standard InChI is InChI=1S/C12H13BrFNO2/c1-12(6-17-5-9(12)15)11(16)7-3-2-4-8(13)10(7)14/h2-4,9H,5-6,15H2,1H3. The van der Waals surface area contributed by atoms with Gasteiger partial charge in [0.05, 0.1) is 28.7 Å². The molecule has 2 N–H and O–H groups in total. The van der Waals surface area contributed by atoms with E-state index in [2.05, 4.69) is 15.9 Å². The van der Waals surface area contributed by atoms with Crippen LogP contribution in [0.5, 0.6) is 0 Å². The molecule has 0 bridgehead atoms. The van der Waals surface area contributed by atoms with Crippen molar-refractivity contribution >= 4 is 21.7 Å². The quantitative estimate of drug-likeness (QED) is 0.852. The van der Waals surface area contributed by atoms with Gasteiger partial charge in [-0.3, -0.25) is 4.79 Å². The predicted molar refractivity (Wildman–Crippen MR) is 65.3 cm³/mol. The normalized spacial score (nSPS) is 28.4. The maximum Gasteiger partial charge on any atom is 0.175 e. The summed E-state index contributed by atoms with van der Waals surface area (Å²) in [6.45, 7) is 2.28. The second-order valence-corrected chi connectivity index (χ2v) is 5.32. The predicted octanol–water partition coefficient (Wildman–Crippen LogP) is 2.13. The lowest BCUT2D eigenvalue weighted by Crippen LogP contribution is -2.44. The fraction of sp³-hybridized carbons (Fsp3) is 0.417. The fourth-order valence-corrected chi connectivity index (χ4v) is 2.28. The van der Waals surface area contributed by atoms with Gasteiger partial charge in [0.2, 0.25) is 0 Å². The lowest BCUT2D eigenvalue weighted by atomic mass is 9.78. The van der Waals surface area contributed by atoms with Crippen molar-refractivity contribution in [1.29, 1.82) is 0 Å². The first-order valence-corrected chi connectivity index (χ1v) is 6.08. The molecule has 5 heteroatoms. The van der Waals surface area contributed by atoms with Crippen LogP contribution in [0, 0.1) is 11.2 Å². The van der Waals surface area contributed by atoms with Crippen molar-refractivity contribution in [2.45, 2.75) is 13.0 Å². The molecule has 0 spiro atoms. The van der Waals surface area contributed by atoms with Gasteiger partial charge in [0.15, 0.2) is 5.78 Å². The van der Waals surface area contributed by atoms with Gasteiger partial charge in [-0.2, -0.15) is 0 Å². The monoisotopic (exact) mass is 301 g/mol. The minimum absolute atomic E-state index is 0.0582. The molecular weight excluding hydrogens is 289 g/mol. The zero-order valence-corrected chi connectivity index (χ0v) is 11.0. The molecule has 1 heterocycles. The van der Waals surface area contributed by atoms with Gasteiger partial charge in [0.1, 0.15) is 5.82 Å². The van der Waals surface area contributed by atoms with Crippen LogP contribution >= 0.6 is 15.9 Å². The molecule has 92 valence electrons. The summed E-state index contributed by atoms with van der Waals surface area (Å²) in [5.74, 6) is -0.848. The van der Waals surface area contributed by atoms with Crippen molar-refractivity contribution in [3.63, 3.8) is 0 Å². The van der Waals surface area contributed by atoms with E-state index in [1.807, 2.05) is 0 Å². The molecule has 1 saturated heterocycles. The minimum Gasteiger partial charge on any atom is -0.379 e. The molecule has 2 rings (SSSR count). The van der Waals surface area contributed by atoms with Crippen molar-refractivity contribution in [3.8, 4) is 0 Å². The molecule has 0 saturated carbocycles. The van der Waals surface area contributed by atoms with Gasteiger partial charge >= 0.3 is 0 Å². The summed E-state index contributed by atoms with van der Waals surface area (Å²) in [6.07, 6.45) is 0. The number of hydrogen-bond acceptors (Lipinski definition) is 3. The Morgan fingerprint density at radius 1 is 1.65 bits per heavy atom. The van der Waals surface area contributed by atoms with Gasteiger partial charge in [-0.1, -0.05) is 6.07 Å². The van der Waals surface area contributed by atoms with E-state index in [0.29, 0.717) is 6.61 Å². The first-order valence-electron chi connectivity index (χ1n) is 5.29. The number of carbonyl (C=O) groups excluding carboxylic acids is 1. The number of halogens is 2. The van der Waals surface area contributed by atoms with E-state index in [0.717, 1.165) is 0 Å². The van der Waals surface area contributed by atoms with Crippen molar-refractivity contribution in [1.82, 2.24) is 0 Å². The van der Waals surface area contributed by atoms with Crippen molar-refractivity contribution < 1.29 is 13.9 Å². The van der Waals surface area contributed by atoms with Gasteiger partial charge in [0, 0.05) is 6.04 Å². The summed E-state index contributed by atoms with van der Waals surface area (Å²) in [7, 11) is 0. The summed E-state index contributed by atoms with van der Waals surface area (Å²) in [6, 6.07) is 4.26. The highest BCUT2D eigenvalue weighted by Crippen LogP contribution is 2.33. The Bertz CT molecular complexity index is 466. The zero-order chi connectivity index (χ0) is 12.6. The number of benzene rings is 1. The molecular formula is C12H13BrFNO2. The highest BCUT2D eigenvalue weighted by atomic mass is 79.9. The van der Waals surface area contributed by atoms with Crippen LogP contribution in [0.25, 0.3) is 0 Å². The van der Waals surface area contributed by atoms with E-state index in [4.69, 9.17) is 10.5 Å². The molecule has 0 aromatic heterocycles. The summed E-state index contributed by atoms with van der Waals surface area (Å²) < 4.78 is 19.3. The smallest absolute Gasteiger partial charge is 0.175 e. The highest BCUT2D eigenvalue weighted by Gasteiger charge is 2.45. The van der Waals surface area contributed by atoms with E-state index >= 15 is 0 Å². The van der Waals surface area contributed by atoms with Crippen LogP contribution in [0.2, 0.25) is 0 Å². The van der Waals surface area contributed by atoms with E-state index in [-0.39, 0.29) is 22.4 Å².